The van der Waals surface area contributed by atoms with Gasteiger partial charge in [0.05, 0.1) is 17.9 Å². The van der Waals surface area contributed by atoms with Crippen molar-refractivity contribution in [3.05, 3.63) is 50.8 Å². The van der Waals surface area contributed by atoms with Crippen LogP contribution in [-0.4, -0.2) is 36.6 Å². The third-order valence-electron chi connectivity index (χ3n) is 4.42. The molecule has 28 heavy (non-hydrogen) atoms. The lowest BCUT2D eigenvalue weighted by molar-refractivity contribution is -0.0760. The van der Waals surface area contributed by atoms with E-state index in [9.17, 15) is 4.39 Å². The largest absolute Gasteiger partial charge is 0.457 e. The molecule has 150 valence electrons. The van der Waals surface area contributed by atoms with Crippen molar-refractivity contribution >= 4 is 34.6 Å². The lowest BCUT2D eigenvalue weighted by Gasteiger charge is -2.34. The second-order valence-corrected chi connectivity index (χ2v) is 8.41. The van der Waals surface area contributed by atoms with Crippen molar-refractivity contribution < 1.29 is 13.9 Å². The summed E-state index contributed by atoms with van der Waals surface area (Å²) >= 11 is 2.07. The summed E-state index contributed by atoms with van der Waals surface area (Å²) in [5.41, 5.74) is 6.01. The lowest BCUT2D eigenvalue weighted by atomic mass is 10.1. The van der Waals surface area contributed by atoms with Crippen LogP contribution in [0.4, 0.5) is 10.1 Å². The van der Waals surface area contributed by atoms with E-state index in [0.717, 1.165) is 33.5 Å². The second kappa shape index (κ2) is 9.19. The summed E-state index contributed by atoms with van der Waals surface area (Å²) in [6.45, 7) is 9.69. The van der Waals surface area contributed by atoms with Gasteiger partial charge in [-0.05, 0) is 85.7 Å². The van der Waals surface area contributed by atoms with Gasteiger partial charge in [-0.1, -0.05) is 0 Å². The molecule has 1 aliphatic heterocycles. The maximum absolute atomic E-state index is 13.6. The fourth-order valence-corrected chi connectivity index (χ4v) is 3.81. The molecule has 1 N–H and O–H groups in total. The number of benzene rings is 2. The van der Waals surface area contributed by atoms with E-state index in [-0.39, 0.29) is 18.0 Å². The molecule has 0 saturated carbocycles. The normalized spacial score (nSPS) is 20.5. The van der Waals surface area contributed by atoms with Gasteiger partial charge in [0, 0.05) is 22.7 Å². The van der Waals surface area contributed by atoms with Crippen LogP contribution in [0.25, 0.3) is 0 Å². The van der Waals surface area contributed by atoms with Crippen molar-refractivity contribution in [2.24, 2.45) is 4.99 Å². The monoisotopic (exact) mass is 497 g/mol. The highest BCUT2D eigenvalue weighted by Gasteiger charge is 2.21. The Morgan fingerprint density at radius 1 is 1.14 bits per heavy atom. The van der Waals surface area contributed by atoms with Gasteiger partial charge in [-0.2, -0.15) is 0 Å². The summed E-state index contributed by atoms with van der Waals surface area (Å²) in [4.78, 5) is 4.55. The topological polar surface area (TPSA) is 46.1 Å². The Bertz CT molecular complexity index is 845. The standard InChI is InChI=1S/C21H25FIN3O2/c1-13-6-21(28-19-8-17(22)7-18(23)9-19)14(2)5-20(13)24-12-25-26-10-15(3)27-16(4)11-26/h5-9,12,15-16H,10-11H2,1-4H3,(H,24,25). The summed E-state index contributed by atoms with van der Waals surface area (Å²) in [7, 11) is 0. The Balaban J connectivity index is 1.69. The molecular weight excluding hydrogens is 472 g/mol. The number of aliphatic imine (C=N–C) groups is 1. The summed E-state index contributed by atoms with van der Waals surface area (Å²) < 4.78 is 26.0. The van der Waals surface area contributed by atoms with Crippen LogP contribution in [0.15, 0.2) is 35.3 Å². The molecule has 3 rings (SSSR count). The number of nitrogens with zero attached hydrogens (tertiary/aromatic N) is 2. The Kier molecular flexibility index (Phi) is 6.90. The molecule has 0 aliphatic carbocycles. The second-order valence-electron chi connectivity index (χ2n) is 7.16. The maximum Gasteiger partial charge on any atom is 0.131 e. The molecule has 1 heterocycles. The van der Waals surface area contributed by atoms with Gasteiger partial charge in [-0.3, -0.25) is 0 Å². The van der Waals surface area contributed by atoms with Gasteiger partial charge >= 0.3 is 0 Å². The predicted octanol–water partition coefficient (Wildman–Crippen LogP) is 5.11. The van der Waals surface area contributed by atoms with Gasteiger partial charge in [0.2, 0.25) is 0 Å². The molecule has 0 spiro atoms. The third-order valence-corrected chi connectivity index (χ3v) is 5.04. The van der Waals surface area contributed by atoms with Crippen molar-refractivity contribution in [1.29, 1.82) is 0 Å². The van der Waals surface area contributed by atoms with E-state index >= 15 is 0 Å². The summed E-state index contributed by atoms with van der Waals surface area (Å²) in [5.74, 6) is 0.873. The Hall–Kier alpha value is -1.71. The molecule has 2 aromatic carbocycles. The number of rotatable bonds is 5. The predicted molar refractivity (Wildman–Crippen MR) is 118 cm³/mol. The average Bonchev–Trinajstić information content (AvgIpc) is 2.57. The van der Waals surface area contributed by atoms with Crippen molar-refractivity contribution in [3.8, 4) is 11.5 Å². The van der Waals surface area contributed by atoms with Crippen LogP contribution < -0.4 is 10.2 Å². The Labute approximate surface area is 179 Å². The zero-order valence-electron chi connectivity index (χ0n) is 16.5. The van der Waals surface area contributed by atoms with E-state index in [4.69, 9.17) is 9.47 Å². The molecular formula is C21H25FIN3O2. The summed E-state index contributed by atoms with van der Waals surface area (Å²) in [6, 6.07) is 8.55. The zero-order valence-corrected chi connectivity index (χ0v) is 18.7. The van der Waals surface area contributed by atoms with Crippen LogP contribution in [0.3, 0.4) is 0 Å². The maximum atomic E-state index is 13.6. The number of hydrogen-bond acceptors (Lipinski definition) is 4. The SMILES string of the molecule is Cc1cc(Oc2cc(F)cc(I)c2)c(C)cc1N=CNN1CC(C)OC(C)C1. The van der Waals surface area contributed by atoms with Gasteiger partial charge in [-0.15, -0.1) is 0 Å². The highest BCUT2D eigenvalue weighted by atomic mass is 127. The highest BCUT2D eigenvalue weighted by Crippen LogP contribution is 2.32. The van der Waals surface area contributed by atoms with Crippen LogP contribution >= 0.6 is 22.6 Å². The molecule has 5 nitrogen and oxygen atoms in total. The van der Waals surface area contributed by atoms with Crippen LogP contribution in [0.5, 0.6) is 11.5 Å². The fourth-order valence-electron chi connectivity index (χ4n) is 3.20. The van der Waals surface area contributed by atoms with Gasteiger partial charge in [0.15, 0.2) is 0 Å². The number of halogens is 2. The van der Waals surface area contributed by atoms with Crippen LogP contribution in [0.1, 0.15) is 25.0 Å². The van der Waals surface area contributed by atoms with E-state index in [1.807, 2.05) is 26.0 Å². The minimum atomic E-state index is -0.310. The zero-order chi connectivity index (χ0) is 20.3. The van der Waals surface area contributed by atoms with Crippen LogP contribution in [0.2, 0.25) is 0 Å². The van der Waals surface area contributed by atoms with Crippen molar-refractivity contribution in [2.75, 3.05) is 13.1 Å². The first-order valence-corrected chi connectivity index (χ1v) is 10.3. The number of aryl methyl sites for hydroxylation is 2. The highest BCUT2D eigenvalue weighted by molar-refractivity contribution is 14.1. The van der Waals surface area contributed by atoms with E-state index in [1.54, 1.807) is 12.4 Å². The van der Waals surface area contributed by atoms with Gasteiger partial charge < -0.3 is 14.9 Å². The molecule has 0 radical (unpaired) electrons. The summed E-state index contributed by atoms with van der Waals surface area (Å²) in [5, 5.41) is 2.10. The number of morpholine rings is 1. The number of nitrogens with one attached hydrogen (secondary N) is 1. The summed E-state index contributed by atoms with van der Waals surface area (Å²) in [6.07, 6.45) is 2.09. The number of hydrogen-bond donors (Lipinski definition) is 1. The van der Waals surface area contributed by atoms with Gasteiger partial charge in [-0.25, -0.2) is 14.4 Å². The van der Waals surface area contributed by atoms with Crippen LogP contribution in [-0.2, 0) is 4.74 Å². The first kappa shape index (κ1) is 21.0. The average molecular weight is 497 g/mol. The van der Waals surface area contributed by atoms with E-state index < -0.39 is 0 Å². The first-order valence-electron chi connectivity index (χ1n) is 9.24. The molecule has 1 saturated heterocycles. The molecule has 0 bridgehead atoms. The molecule has 0 aromatic heterocycles. The van der Waals surface area contributed by atoms with E-state index in [0.29, 0.717) is 11.5 Å². The smallest absolute Gasteiger partial charge is 0.131 e. The molecule has 2 atom stereocenters. The van der Waals surface area contributed by atoms with Crippen molar-refractivity contribution in [3.63, 3.8) is 0 Å². The lowest BCUT2D eigenvalue weighted by Crippen LogP contribution is -2.51. The minimum Gasteiger partial charge on any atom is -0.457 e. The quantitative estimate of drug-likeness (QED) is 0.354. The van der Waals surface area contributed by atoms with E-state index in [2.05, 4.69) is 51.9 Å². The number of ether oxygens (including phenoxy) is 2. The first-order chi connectivity index (χ1) is 13.3. The Morgan fingerprint density at radius 2 is 1.86 bits per heavy atom. The molecule has 1 aliphatic rings. The fraction of sp³-hybridized carbons (Fsp3) is 0.381. The van der Waals surface area contributed by atoms with Crippen molar-refractivity contribution in [2.45, 2.75) is 39.9 Å². The molecule has 7 heteroatoms. The van der Waals surface area contributed by atoms with Gasteiger partial charge in [0.1, 0.15) is 23.7 Å². The minimum absolute atomic E-state index is 0.191. The third kappa shape index (κ3) is 5.65. The van der Waals surface area contributed by atoms with E-state index in [1.165, 1.54) is 12.1 Å². The van der Waals surface area contributed by atoms with Gasteiger partial charge in [0.25, 0.3) is 0 Å². The van der Waals surface area contributed by atoms with Crippen LogP contribution in [0, 0.1) is 23.2 Å². The molecule has 2 aromatic rings. The molecule has 1 fully saturated rings. The molecule has 2 unspecified atom stereocenters. The Morgan fingerprint density at radius 3 is 2.54 bits per heavy atom. The van der Waals surface area contributed by atoms with Crippen molar-refractivity contribution in [1.82, 2.24) is 10.4 Å². The molecule has 0 amide bonds. The number of hydrazine groups is 1.